The van der Waals surface area contributed by atoms with Crippen LogP contribution < -0.4 is 0 Å². The van der Waals surface area contributed by atoms with Gasteiger partial charge in [-0.25, -0.2) is 9.78 Å². The molecule has 0 bridgehead atoms. The molecule has 21 heavy (non-hydrogen) atoms. The van der Waals surface area contributed by atoms with E-state index in [1.165, 1.54) is 29.2 Å². The zero-order chi connectivity index (χ0) is 15.0. The summed E-state index contributed by atoms with van der Waals surface area (Å²) in [6.07, 6.45) is 0. The van der Waals surface area contributed by atoms with E-state index in [0.717, 1.165) is 16.0 Å². The van der Waals surface area contributed by atoms with Crippen molar-refractivity contribution >= 4 is 56.3 Å². The molecule has 2 aromatic heterocycles. The molecule has 0 fully saturated rings. The first-order valence-corrected chi connectivity index (χ1v) is 8.14. The number of carboxylic acids is 1. The number of rotatable bonds is 4. The molecule has 0 aliphatic rings. The smallest absolute Gasteiger partial charge is 0.345 e. The van der Waals surface area contributed by atoms with Crippen LogP contribution in [0.3, 0.4) is 0 Å². The Morgan fingerprint density at radius 3 is 2.86 bits per heavy atom. The predicted octanol–water partition coefficient (Wildman–Crippen LogP) is 4.12. The lowest BCUT2D eigenvalue weighted by Gasteiger charge is -2.01. The van der Waals surface area contributed by atoms with E-state index in [1.54, 1.807) is 23.0 Å². The first-order chi connectivity index (χ1) is 10.1. The van der Waals surface area contributed by atoms with Crippen LogP contribution in [0.15, 0.2) is 38.9 Å². The molecule has 3 aromatic rings. The number of fused-ring (bicyclic) bond motifs is 1. The Morgan fingerprint density at radius 2 is 2.19 bits per heavy atom. The van der Waals surface area contributed by atoms with E-state index in [9.17, 15) is 14.9 Å². The van der Waals surface area contributed by atoms with E-state index in [-0.39, 0.29) is 10.6 Å². The molecule has 0 atom stereocenters. The summed E-state index contributed by atoms with van der Waals surface area (Å²) in [5.74, 6) is -1.00. The van der Waals surface area contributed by atoms with Gasteiger partial charge in [-0.15, -0.1) is 22.7 Å². The number of hydrogen-bond acceptors (Lipinski definition) is 7. The van der Waals surface area contributed by atoms with Crippen molar-refractivity contribution in [1.29, 1.82) is 0 Å². The highest BCUT2D eigenvalue weighted by Crippen LogP contribution is 2.40. The number of nitrogens with zero attached hydrogens (tertiary/aromatic N) is 2. The summed E-state index contributed by atoms with van der Waals surface area (Å²) in [6.45, 7) is 0. The van der Waals surface area contributed by atoms with Crippen LogP contribution in [0, 0.1) is 10.1 Å². The minimum Gasteiger partial charge on any atom is -0.477 e. The maximum absolute atomic E-state index is 11.3. The summed E-state index contributed by atoms with van der Waals surface area (Å²) in [5, 5.41) is 21.9. The fourth-order valence-corrected chi connectivity index (χ4v) is 4.30. The van der Waals surface area contributed by atoms with Crippen LogP contribution >= 0.6 is 34.4 Å². The Labute approximate surface area is 130 Å². The number of carbonyl (C=O) groups is 1. The molecule has 0 aliphatic heterocycles. The van der Waals surface area contributed by atoms with E-state index < -0.39 is 10.9 Å². The largest absolute Gasteiger partial charge is 0.477 e. The average Bonchev–Trinajstić information content (AvgIpc) is 3.06. The molecular weight excluding hydrogens is 332 g/mol. The minimum absolute atomic E-state index is 0.0400. The average molecular weight is 338 g/mol. The predicted molar refractivity (Wildman–Crippen MR) is 81.7 cm³/mol. The molecule has 0 spiro atoms. The van der Waals surface area contributed by atoms with Crippen molar-refractivity contribution < 1.29 is 14.8 Å². The SMILES string of the molecule is O=C(O)c1cc(Sc2ccc3scnc3c2[N+](=O)[O-])cs1. The first-order valence-electron chi connectivity index (χ1n) is 5.56. The van der Waals surface area contributed by atoms with Gasteiger partial charge in [0.2, 0.25) is 0 Å². The molecule has 0 radical (unpaired) electrons. The van der Waals surface area contributed by atoms with Crippen molar-refractivity contribution in [3.63, 3.8) is 0 Å². The lowest BCUT2D eigenvalue weighted by Crippen LogP contribution is -1.92. The maximum Gasteiger partial charge on any atom is 0.345 e. The number of carboxylic acid groups (broad SMARTS) is 1. The van der Waals surface area contributed by atoms with Crippen LogP contribution in [0.5, 0.6) is 0 Å². The molecule has 0 amide bonds. The summed E-state index contributed by atoms with van der Waals surface area (Å²) in [7, 11) is 0. The highest BCUT2D eigenvalue weighted by Gasteiger charge is 2.22. The van der Waals surface area contributed by atoms with Gasteiger partial charge in [0, 0.05) is 10.3 Å². The standard InChI is InChI=1S/C12H6N2O4S3/c15-12(16)9-3-6(4-19-9)21-8-2-1-7-10(13-5-20-7)11(8)14(17)18/h1-5H,(H,15,16). The second-order valence-electron chi connectivity index (χ2n) is 3.92. The maximum atomic E-state index is 11.3. The number of thiazole rings is 1. The second kappa shape index (κ2) is 5.43. The summed E-state index contributed by atoms with van der Waals surface area (Å²) < 4.78 is 0.752. The lowest BCUT2D eigenvalue weighted by atomic mass is 10.3. The van der Waals surface area contributed by atoms with Crippen molar-refractivity contribution in [1.82, 2.24) is 4.98 Å². The molecule has 6 nitrogen and oxygen atoms in total. The molecule has 0 saturated carbocycles. The number of thiophene rings is 1. The van der Waals surface area contributed by atoms with E-state index in [1.807, 2.05) is 0 Å². The number of aromatic nitrogens is 1. The number of nitro groups is 1. The molecule has 3 rings (SSSR count). The van der Waals surface area contributed by atoms with Crippen molar-refractivity contribution in [2.24, 2.45) is 0 Å². The molecule has 9 heteroatoms. The van der Waals surface area contributed by atoms with Crippen LogP contribution in [0.25, 0.3) is 10.2 Å². The topological polar surface area (TPSA) is 93.3 Å². The zero-order valence-corrected chi connectivity index (χ0v) is 12.6. The third-order valence-electron chi connectivity index (χ3n) is 2.64. The van der Waals surface area contributed by atoms with Crippen LogP contribution in [-0.4, -0.2) is 21.0 Å². The molecular formula is C12H6N2O4S3. The van der Waals surface area contributed by atoms with Gasteiger partial charge in [0.15, 0.2) is 5.52 Å². The normalized spacial score (nSPS) is 10.9. The fraction of sp³-hybridized carbons (Fsp3) is 0. The van der Waals surface area contributed by atoms with E-state index in [0.29, 0.717) is 15.3 Å². The van der Waals surface area contributed by atoms with E-state index in [4.69, 9.17) is 5.11 Å². The Hall–Kier alpha value is -1.97. The monoisotopic (exact) mass is 338 g/mol. The van der Waals surface area contributed by atoms with Gasteiger partial charge in [0.1, 0.15) is 4.88 Å². The van der Waals surface area contributed by atoms with Crippen LogP contribution in [0.4, 0.5) is 5.69 Å². The zero-order valence-electron chi connectivity index (χ0n) is 10.2. The third kappa shape index (κ3) is 2.62. The van der Waals surface area contributed by atoms with Crippen molar-refractivity contribution in [3.8, 4) is 0 Å². The molecule has 1 N–H and O–H groups in total. The summed E-state index contributed by atoms with van der Waals surface area (Å²) in [4.78, 5) is 27.1. The van der Waals surface area contributed by atoms with Crippen LogP contribution in [0.1, 0.15) is 9.67 Å². The Balaban J connectivity index is 2.04. The summed E-state index contributed by atoms with van der Waals surface area (Å²) >= 11 is 3.60. The third-order valence-corrected chi connectivity index (χ3v) is 5.52. The lowest BCUT2D eigenvalue weighted by molar-refractivity contribution is -0.386. The molecule has 0 saturated heterocycles. The molecule has 106 valence electrons. The van der Waals surface area contributed by atoms with Gasteiger partial charge in [-0.2, -0.15) is 0 Å². The van der Waals surface area contributed by atoms with Gasteiger partial charge in [-0.1, -0.05) is 11.8 Å². The molecule has 0 aliphatic carbocycles. The van der Waals surface area contributed by atoms with Gasteiger partial charge >= 0.3 is 11.7 Å². The first kappa shape index (κ1) is 14.0. The molecule has 1 aromatic carbocycles. The summed E-state index contributed by atoms with van der Waals surface area (Å²) in [6, 6.07) is 4.96. The van der Waals surface area contributed by atoms with Gasteiger partial charge in [-0.05, 0) is 18.2 Å². The summed E-state index contributed by atoms with van der Waals surface area (Å²) in [5.41, 5.74) is 1.89. The Bertz CT molecular complexity index is 855. The van der Waals surface area contributed by atoms with Gasteiger partial charge in [-0.3, -0.25) is 10.1 Å². The quantitative estimate of drug-likeness (QED) is 0.568. The van der Waals surface area contributed by atoms with Crippen LogP contribution in [0.2, 0.25) is 0 Å². The number of nitro benzene ring substituents is 1. The van der Waals surface area contributed by atoms with Gasteiger partial charge in [0.25, 0.3) is 0 Å². The van der Waals surface area contributed by atoms with Crippen molar-refractivity contribution in [2.45, 2.75) is 9.79 Å². The molecule has 2 heterocycles. The minimum atomic E-state index is -1.00. The highest BCUT2D eigenvalue weighted by molar-refractivity contribution is 7.99. The van der Waals surface area contributed by atoms with Crippen molar-refractivity contribution in [3.05, 3.63) is 44.1 Å². The second-order valence-corrected chi connectivity index (χ2v) is 6.84. The van der Waals surface area contributed by atoms with Gasteiger partial charge < -0.3 is 5.11 Å². The number of benzene rings is 1. The number of hydrogen-bond donors (Lipinski definition) is 1. The number of aromatic carboxylic acids is 1. The fourth-order valence-electron chi connectivity index (χ4n) is 1.77. The molecule has 0 unspecified atom stereocenters. The Morgan fingerprint density at radius 1 is 1.38 bits per heavy atom. The van der Waals surface area contributed by atoms with Crippen LogP contribution in [-0.2, 0) is 0 Å². The Kier molecular flexibility index (Phi) is 3.62. The van der Waals surface area contributed by atoms with Gasteiger partial charge in [0.05, 0.1) is 20.0 Å². The van der Waals surface area contributed by atoms with Crippen molar-refractivity contribution in [2.75, 3.05) is 0 Å². The van der Waals surface area contributed by atoms with E-state index in [2.05, 4.69) is 4.98 Å². The van der Waals surface area contributed by atoms with E-state index >= 15 is 0 Å². The highest BCUT2D eigenvalue weighted by atomic mass is 32.2.